The Morgan fingerprint density at radius 2 is 1.88 bits per heavy atom. The molecule has 1 aliphatic carbocycles. The SMILES string of the molecule is Cc1ccc(C(Cl)C(=O)NC2CCCC2)cc1. The van der Waals surface area contributed by atoms with Crippen molar-refractivity contribution in [2.75, 3.05) is 0 Å². The Kier molecular flexibility index (Phi) is 4.06. The number of nitrogens with one attached hydrogen (secondary N) is 1. The zero-order valence-corrected chi connectivity index (χ0v) is 10.8. The van der Waals surface area contributed by atoms with Crippen LogP contribution < -0.4 is 5.32 Å². The van der Waals surface area contributed by atoms with Gasteiger partial charge in [-0.25, -0.2) is 0 Å². The van der Waals surface area contributed by atoms with E-state index in [1.54, 1.807) is 0 Å². The van der Waals surface area contributed by atoms with E-state index in [9.17, 15) is 4.79 Å². The molecule has 1 aromatic rings. The zero-order valence-electron chi connectivity index (χ0n) is 10.1. The maximum absolute atomic E-state index is 11.9. The fourth-order valence-electron chi connectivity index (χ4n) is 2.23. The molecule has 2 rings (SSSR count). The van der Waals surface area contributed by atoms with Crippen LogP contribution in [0.3, 0.4) is 0 Å². The van der Waals surface area contributed by atoms with E-state index in [-0.39, 0.29) is 5.91 Å². The molecule has 1 aliphatic rings. The van der Waals surface area contributed by atoms with Gasteiger partial charge in [-0.2, -0.15) is 0 Å². The number of benzene rings is 1. The van der Waals surface area contributed by atoms with Gasteiger partial charge in [0.05, 0.1) is 0 Å². The Hall–Kier alpha value is -1.02. The summed E-state index contributed by atoms with van der Waals surface area (Å²) in [6.07, 6.45) is 4.59. The summed E-state index contributed by atoms with van der Waals surface area (Å²) in [4.78, 5) is 11.9. The summed E-state index contributed by atoms with van der Waals surface area (Å²) in [6, 6.07) is 8.12. The van der Waals surface area contributed by atoms with E-state index >= 15 is 0 Å². The van der Waals surface area contributed by atoms with Crippen molar-refractivity contribution in [1.82, 2.24) is 5.32 Å². The van der Waals surface area contributed by atoms with Crippen LogP contribution in [0.5, 0.6) is 0 Å². The summed E-state index contributed by atoms with van der Waals surface area (Å²) >= 11 is 6.18. The minimum Gasteiger partial charge on any atom is -0.352 e. The standard InChI is InChI=1S/C14H18ClNO/c1-10-6-8-11(9-7-10)13(15)14(17)16-12-4-2-3-5-12/h6-9,12-13H,2-5H2,1H3,(H,16,17). The van der Waals surface area contributed by atoms with Gasteiger partial charge in [0.15, 0.2) is 0 Å². The van der Waals surface area contributed by atoms with Gasteiger partial charge in [-0.05, 0) is 25.3 Å². The lowest BCUT2D eigenvalue weighted by Gasteiger charge is -2.15. The molecule has 1 amide bonds. The Labute approximate surface area is 107 Å². The van der Waals surface area contributed by atoms with Crippen molar-refractivity contribution in [3.63, 3.8) is 0 Å². The van der Waals surface area contributed by atoms with Crippen LogP contribution in [0.1, 0.15) is 42.2 Å². The van der Waals surface area contributed by atoms with E-state index < -0.39 is 5.38 Å². The number of hydrogen-bond donors (Lipinski definition) is 1. The lowest BCUT2D eigenvalue weighted by atomic mass is 10.1. The molecule has 0 saturated heterocycles. The van der Waals surface area contributed by atoms with Crippen molar-refractivity contribution in [2.45, 2.75) is 44.0 Å². The van der Waals surface area contributed by atoms with Gasteiger partial charge < -0.3 is 5.32 Å². The quantitative estimate of drug-likeness (QED) is 0.821. The van der Waals surface area contributed by atoms with Gasteiger partial charge in [0, 0.05) is 6.04 Å². The average molecular weight is 252 g/mol. The van der Waals surface area contributed by atoms with E-state index in [4.69, 9.17) is 11.6 Å². The van der Waals surface area contributed by atoms with E-state index in [1.807, 2.05) is 31.2 Å². The van der Waals surface area contributed by atoms with Gasteiger partial charge in [-0.15, -0.1) is 11.6 Å². The monoisotopic (exact) mass is 251 g/mol. The van der Waals surface area contributed by atoms with Gasteiger partial charge in [0.2, 0.25) is 5.91 Å². The summed E-state index contributed by atoms with van der Waals surface area (Å²) in [5.74, 6) is -0.0672. The number of carbonyl (C=O) groups is 1. The van der Waals surface area contributed by atoms with Crippen LogP contribution in [0.15, 0.2) is 24.3 Å². The smallest absolute Gasteiger partial charge is 0.242 e. The Balaban J connectivity index is 1.96. The van der Waals surface area contributed by atoms with Gasteiger partial charge >= 0.3 is 0 Å². The second-order valence-corrected chi connectivity index (χ2v) is 5.20. The molecule has 1 atom stereocenters. The molecule has 1 unspecified atom stereocenters. The Bertz CT molecular complexity index is 382. The molecule has 17 heavy (non-hydrogen) atoms. The maximum Gasteiger partial charge on any atom is 0.242 e. The van der Waals surface area contributed by atoms with Crippen molar-refractivity contribution < 1.29 is 4.79 Å². The Morgan fingerprint density at radius 1 is 1.29 bits per heavy atom. The van der Waals surface area contributed by atoms with Crippen LogP contribution in [-0.2, 0) is 4.79 Å². The number of carbonyl (C=O) groups excluding carboxylic acids is 1. The fourth-order valence-corrected chi connectivity index (χ4v) is 2.44. The van der Waals surface area contributed by atoms with Crippen LogP contribution in [0.4, 0.5) is 0 Å². The molecule has 0 heterocycles. The zero-order chi connectivity index (χ0) is 12.3. The number of amides is 1. The van der Waals surface area contributed by atoms with E-state index in [1.165, 1.54) is 18.4 Å². The van der Waals surface area contributed by atoms with Crippen molar-refractivity contribution in [3.05, 3.63) is 35.4 Å². The van der Waals surface area contributed by atoms with E-state index in [0.717, 1.165) is 18.4 Å². The second kappa shape index (κ2) is 5.54. The van der Waals surface area contributed by atoms with E-state index in [2.05, 4.69) is 5.32 Å². The third-order valence-corrected chi connectivity index (χ3v) is 3.75. The topological polar surface area (TPSA) is 29.1 Å². The lowest BCUT2D eigenvalue weighted by Crippen LogP contribution is -2.34. The normalized spacial score (nSPS) is 18.0. The molecule has 92 valence electrons. The first-order valence-corrected chi connectivity index (χ1v) is 6.61. The molecule has 0 bridgehead atoms. The first-order chi connectivity index (χ1) is 8.16. The number of aryl methyl sites for hydroxylation is 1. The van der Waals surface area contributed by atoms with E-state index in [0.29, 0.717) is 6.04 Å². The number of rotatable bonds is 3. The second-order valence-electron chi connectivity index (χ2n) is 4.76. The molecule has 1 fully saturated rings. The highest BCUT2D eigenvalue weighted by molar-refractivity contribution is 6.30. The van der Waals surface area contributed by atoms with Crippen LogP contribution in [0.25, 0.3) is 0 Å². The van der Waals surface area contributed by atoms with Gasteiger partial charge in [0.25, 0.3) is 0 Å². The van der Waals surface area contributed by atoms with Crippen LogP contribution in [-0.4, -0.2) is 11.9 Å². The van der Waals surface area contributed by atoms with Gasteiger partial charge in [-0.1, -0.05) is 42.7 Å². The molecule has 3 heteroatoms. The van der Waals surface area contributed by atoms with Crippen molar-refractivity contribution in [2.24, 2.45) is 0 Å². The summed E-state index contributed by atoms with van der Waals surface area (Å²) in [5, 5.41) is 2.45. The molecule has 0 spiro atoms. The molecular weight excluding hydrogens is 234 g/mol. The average Bonchev–Trinajstić information content (AvgIpc) is 2.82. The van der Waals surface area contributed by atoms with Crippen LogP contribution in [0, 0.1) is 6.92 Å². The minimum absolute atomic E-state index is 0.0672. The Morgan fingerprint density at radius 3 is 2.47 bits per heavy atom. The molecule has 1 saturated carbocycles. The van der Waals surface area contributed by atoms with Crippen LogP contribution in [0.2, 0.25) is 0 Å². The van der Waals surface area contributed by atoms with Crippen molar-refractivity contribution >= 4 is 17.5 Å². The third-order valence-electron chi connectivity index (χ3n) is 3.30. The highest BCUT2D eigenvalue weighted by Gasteiger charge is 2.22. The third kappa shape index (κ3) is 3.22. The number of alkyl halides is 1. The molecule has 0 aliphatic heterocycles. The van der Waals surface area contributed by atoms with Crippen molar-refractivity contribution in [1.29, 1.82) is 0 Å². The first-order valence-electron chi connectivity index (χ1n) is 6.18. The van der Waals surface area contributed by atoms with Crippen molar-refractivity contribution in [3.8, 4) is 0 Å². The molecule has 0 radical (unpaired) electrons. The largest absolute Gasteiger partial charge is 0.352 e. The summed E-state index contributed by atoms with van der Waals surface area (Å²) < 4.78 is 0. The lowest BCUT2D eigenvalue weighted by molar-refractivity contribution is -0.121. The predicted molar refractivity (Wildman–Crippen MR) is 70.2 cm³/mol. The number of halogens is 1. The predicted octanol–water partition coefficient (Wildman–Crippen LogP) is 3.33. The highest BCUT2D eigenvalue weighted by Crippen LogP contribution is 2.23. The summed E-state index contributed by atoms with van der Waals surface area (Å²) in [7, 11) is 0. The molecule has 1 N–H and O–H groups in total. The van der Waals surface area contributed by atoms with Gasteiger partial charge in [0.1, 0.15) is 5.38 Å². The molecule has 2 nitrogen and oxygen atoms in total. The maximum atomic E-state index is 11.9. The van der Waals surface area contributed by atoms with Crippen LogP contribution >= 0.6 is 11.6 Å². The molecule has 1 aromatic carbocycles. The fraction of sp³-hybridized carbons (Fsp3) is 0.500. The highest BCUT2D eigenvalue weighted by atomic mass is 35.5. The van der Waals surface area contributed by atoms with Gasteiger partial charge in [-0.3, -0.25) is 4.79 Å². The molecular formula is C14H18ClNO. The molecule has 0 aromatic heterocycles. The first kappa shape index (κ1) is 12.4. The minimum atomic E-state index is -0.573. The number of hydrogen-bond acceptors (Lipinski definition) is 1. The summed E-state index contributed by atoms with van der Waals surface area (Å²) in [6.45, 7) is 2.02. The summed E-state index contributed by atoms with van der Waals surface area (Å²) in [5.41, 5.74) is 2.04.